The molecule has 0 unspecified atom stereocenters. The average Bonchev–Trinajstić information content (AvgIpc) is 3.35. The summed E-state index contributed by atoms with van der Waals surface area (Å²) in [5.74, 6) is -0.266. The summed E-state index contributed by atoms with van der Waals surface area (Å²) >= 11 is 0. The first-order chi connectivity index (χ1) is 14.9. The van der Waals surface area contributed by atoms with Gasteiger partial charge in [0, 0.05) is 7.05 Å². The normalized spacial score (nSPS) is 11.1. The number of ether oxygens (including phenoxy) is 1. The highest BCUT2D eigenvalue weighted by molar-refractivity contribution is 7.92. The maximum absolute atomic E-state index is 12.8. The Morgan fingerprint density at radius 2 is 1.61 bits per heavy atom. The van der Waals surface area contributed by atoms with Crippen LogP contribution in [0.4, 0.5) is 5.69 Å². The van der Waals surface area contributed by atoms with E-state index in [4.69, 9.17) is 4.74 Å². The zero-order chi connectivity index (χ0) is 21.8. The minimum absolute atomic E-state index is 0.0706. The van der Waals surface area contributed by atoms with E-state index in [0.717, 1.165) is 0 Å². The summed E-state index contributed by atoms with van der Waals surface area (Å²) in [6.45, 7) is 0. The predicted molar refractivity (Wildman–Crippen MR) is 113 cm³/mol. The number of carbonyl (C=O) groups excluding carboxylic acids is 1. The second kappa shape index (κ2) is 8.36. The molecular weight excluding hydrogens is 418 g/mol. The highest BCUT2D eigenvalue weighted by atomic mass is 32.2. The van der Waals surface area contributed by atoms with Crippen LogP contribution in [-0.4, -0.2) is 41.6 Å². The van der Waals surface area contributed by atoms with Crippen molar-refractivity contribution in [2.75, 3.05) is 11.4 Å². The number of para-hydroxylation sites is 1. The lowest BCUT2D eigenvalue weighted by molar-refractivity contribution is 0.0734. The van der Waals surface area contributed by atoms with E-state index in [1.54, 1.807) is 48.5 Å². The number of sulfonamides is 1. The quantitative estimate of drug-likeness (QED) is 0.338. The Hall–Kier alpha value is -4.05. The molecule has 0 amide bonds. The van der Waals surface area contributed by atoms with Crippen molar-refractivity contribution < 1.29 is 17.9 Å². The van der Waals surface area contributed by atoms with E-state index in [0.29, 0.717) is 17.1 Å². The van der Waals surface area contributed by atoms with Gasteiger partial charge in [-0.2, -0.15) is 0 Å². The molecule has 0 N–H and O–H groups in total. The third-order valence-corrected chi connectivity index (χ3v) is 6.33. The van der Waals surface area contributed by atoms with Gasteiger partial charge in [0.1, 0.15) is 12.1 Å². The Balaban J connectivity index is 1.47. The molecule has 4 aromatic rings. The Labute approximate surface area is 178 Å². The molecule has 0 bridgehead atoms. The first-order valence-corrected chi connectivity index (χ1v) is 10.6. The van der Waals surface area contributed by atoms with Gasteiger partial charge in [-0.15, -0.1) is 5.10 Å². The summed E-state index contributed by atoms with van der Waals surface area (Å²) in [5, 5.41) is 10.9. The number of tetrazole rings is 1. The van der Waals surface area contributed by atoms with Crippen LogP contribution < -0.4 is 9.04 Å². The van der Waals surface area contributed by atoms with Crippen molar-refractivity contribution in [3.63, 3.8) is 0 Å². The van der Waals surface area contributed by atoms with Gasteiger partial charge < -0.3 is 4.74 Å². The maximum Gasteiger partial charge on any atom is 0.343 e. The average molecular weight is 435 g/mol. The molecule has 0 spiro atoms. The van der Waals surface area contributed by atoms with Crippen LogP contribution in [0.3, 0.4) is 0 Å². The van der Waals surface area contributed by atoms with Gasteiger partial charge in [-0.3, -0.25) is 4.31 Å². The van der Waals surface area contributed by atoms with Gasteiger partial charge in [0.25, 0.3) is 10.0 Å². The number of benzene rings is 3. The number of esters is 1. The van der Waals surface area contributed by atoms with Gasteiger partial charge in [-0.05, 0) is 71.1 Å². The molecule has 0 atom stereocenters. The smallest absolute Gasteiger partial charge is 0.343 e. The fourth-order valence-corrected chi connectivity index (χ4v) is 4.01. The summed E-state index contributed by atoms with van der Waals surface area (Å²) in [4.78, 5) is 12.5. The van der Waals surface area contributed by atoms with Crippen LogP contribution in [0.15, 0.2) is 90.1 Å². The molecule has 0 saturated heterocycles. The molecule has 0 aliphatic heterocycles. The number of rotatable bonds is 6. The molecule has 1 heterocycles. The Morgan fingerprint density at radius 1 is 0.935 bits per heavy atom. The highest BCUT2D eigenvalue weighted by Crippen LogP contribution is 2.22. The number of carbonyl (C=O) groups is 1. The Bertz CT molecular complexity index is 1270. The van der Waals surface area contributed by atoms with Crippen LogP contribution in [0.1, 0.15) is 10.4 Å². The number of hydrogen-bond donors (Lipinski definition) is 0. The molecule has 3 aromatic carbocycles. The maximum atomic E-state index is 12.8. The van der Waals surface area contributed by atoms with Crippen molar-refractivity contribution >= 4 is 21.7 Å². The third-order valence-electron chi connectivity index (χ3n) is 4.53. The minimum atomic E-state index is -3.76. The summed E-state index contributed by atoms with van der Waals surface area (Å²) in [6, 6.07) is 21.0. The van der Waals surface area contributed by atoms with Gasteiger partial charge in [0.15, 0.2) is 0 Å². The zero-order valence-electron chi connectivity index (χ0n) is 16.4. The Kier molecular flexibility index (Phi) is 5.46. The van der Waals surface area contributed by atoms with Crippen LogP contribution in [0, 0.1) is 0 Å². The van der Waals surface area contributed by atoms with E-state index in [1.807, 2.05) is 6.07 Å². The van der Waals surface area contributed by atoms with Gasteiger partial charge >= 0.3 is 5.97 Å². The number of hydrogen-bond acceptors (Lipinski definition) is 7. The van der Waals surface area contributed by atoms with E-state index in [-0.39, 0.29) is 10.5 Å². The standard InChI is InChI=1S/C21H17N5O4S/c1-25(17-5-3-2-4-6-17)31(28,29)20-13-7-16(8-14-20)21(27)30-19-11-9-18(10-12-19)26-15-22-23-24-26/h2-15H,1H3. The third kappa shape index (κ3) is 4.28. The molecule has 9 nitrogen and oxygen atoms in total. The van der Waals surface area contributed by atoms with Gasteiger partial charge in [0.05, 0.1) is 21.8 Å². The summed E-state index contributed by atoms with van der Waals surface area (Å²) in [5.41, 5.74) is 1.48. The molecule has 0 aliphatic rings. The van der Waals surface area contributed by atoms with E-state index in [1.165, 1.54) is 46.6 Å². The van der Waals surface area contributed by atoms with Gasteiger partial charge in [-0.25, -0.2) is 17.9 Å². The van der Waals surface area contributed by atoms with Crippen molar-refractivity contribution in [1.82, 2.24) is 20.2 Å². The van der Waals surface area contributed by atoms with Crippen LogP contribution >= 0.6 is 0 Å². The van der Waals surface area contributed by atoms with Gasteiger partial charge in [0.2, 0.25) is 0 Å². The number of nitrogens with zero attached hydrogens (tertiary/aromatic N) is 5. The molecule has 0 saturated carbocycles. The van der Waals surface area contributed by atoms with E-state index < -0.39 is 16.0 Å². The monoisotopic (exact) mass is 435 g/mol. The fourth-order valence-electron chi connectivity index (χ4n) is 2.81. The highest BCUT2D eigenvalue weighted by Gasteiger charge is 2.21. The Morgan fingerprint density at radius 3 is 2.23 bits per heavy atom. The fraction of sp³-hybridized carbons (Fsp3) is 0.0476. The minimum Gasteiger partial charge on any atom is -0.423 e. The first kappa shape index (κ1) is 20.2. The molecule has 31 heavy (non-hydrogen) atoms. The summed E-state index contributed by atoms with van der Waals surface area (Å²) in [6.07, 6.45) is 1.45. The van der Waals surface area contributed by atoms with Crippen molar-refractivity contribution in [1.29, 1.82) is 0 Å². The van der Waals surface area contributed by atoms with Crippen molar-refractivity contribution in [2.45, 2.75) is 4.90 Å². The zero-order valence-corrected chi connectivity index (χ0v) is 17.2. The van der Waals surface area contributed by atoms with E-state index in [9.17, 15) is 13.2 Å². The summed E-state index contributed by atoms with van der Waals surface area (Å²) in [7, 11) is -2.28. The van der Waals surface area contributed by atoms with Crippen molar-refractivity contribution in [2.24, 2.45) is 0 Å². The second-order valence-electron chi connectivity index (χ2n) is 6.47. The van der Waals surface area contributed by atoms with Crippen molar-refractivity contribution in [3.05, 3.63) is 90.8 Å². The van der Waals surface area contributed by atoms with Crippen molar-refractivity contribution in [3.8, 4) is 11.4 Å². The van der Waals surface area contributed by atoms with Crippen LogP contribution in [0.2, 0.25) is 0 Å². The largest absolute Gasteiger partial charge is 0.423 e. The predicted octanol–water partition coefficient (Wildman–Crippen LogP) is 2.71. The SMILES string of the molecule is CN(c1ccccc1)S(=O)(=O)c1ccc(C(=O)Oc2ccc(-n3cnnn3)cc2)cc1. The van der Waals surface area contributed by atoms with E-state index >= 15 is 0 Å². The van der Waals surface area contributed by atoms with Gasteiger partial charge in [-0.1, -0.05) is 18.2 Å². The van der Waals surface area contributed by atoms with Crippen LogP contribution in [0.25, 0.3) is 5.69 Å². The lowest BCUT2D eigenvalue weighted by atomic mass is 10.2. The second-order valence-corrected chi connectivity index (χ2v) is 8.44. The van der Waals surface area contributed by atoms with E-state index in [2.05, 4.69) is 15.5 Å². The molecule has 10 heteroatoms. The lowest BCUT2D eigenvalue weighted by Gasteiger charge is -2.19. The van der Waals surface area contributed by atoms with Crippen LogP contribution in [0.5, 0.6) is 5.75 Å². The van der Waals surface area contributed by atoms with Crippen LogP contribution in [-0.2, 0) is 10.0 Å². The molecule has 156 valence electrons. The molecule has 4 rings (SSSR count). The molecule has 1 aromatic heterocycles. The molecular formula is C21H17N5O4S. The topological polar surface area (TPSA) is 107 Å². The lowest BCUT2D eigenvalue weighted by Crippen LogP contribution is -2.26. The first-order valence-electron chi connectivity index (χ1n) is 9.15. The number of aromatic nitrogens is 4. The number of anilines is 1. The molecule has 0 fully saturated rings. The molecule has 0 aliphatic carbocycles. The summed E-state index contributed by atoms with van der Waals surface area (Å²) < 4.78 is 33.7. The molecule has 0 radical (unpaired) electrons.